The Hall–Kier alpha value is -1.78. The van der Waals surface area contributed by atoms with E-state index in [1.165, 1.54) is 56.7 Å². The first-order valence-electron chi connectivity index (χ1n) is 10.8. The van der Waals surface area contributed by atoms with Crippen LogP contribution in [0.1, 0.15) is 69.8 Å². The van der Waals surface area contributed by atoms with E-state index >= 15 is 0 Å². The van der Waals surface area contributed by atoms with Gasteiger partial charge in [-0.25, -0.2) is 4.39 Å². The van der Waals surface area contributed by atoms with Crippen molar-refractivity contribution in [3.8, 4) is 5.75 Å². The van der Waals surface area contributed by atoms with Gasteiger partial charge in [-0.2, -0.15) is 0 Å². The van der Waals surface area contributed by atoms with Gasteiger partial charge in [0, 0.05) is 5.39 Å². The van der Waals surface area contributed by atoms with E-state index in [2.05, 4.69) is 11.7 Å². The van der Waals surface area contributed by atoms with Crippen molar-refractivity contribution in [1.29, 1.82) is 0 Å². The predicted octanol–water partition coefficient (Wildman–Crippen LogP) is 7.98. The van der Waals surface area contributed by atoms with Crippen LogP contribution in [0.25, 0.3) is 10.8 Å². The fourth-order valence-corrected chi connectivity index (χ4v) is 5.71. The monoisotopic (exact) mass is 408 g/mol. The van der Waals surface area contributed by atoms with E-state index in [1.807, 2.05) is 6.07 Å². The third-order valence-corrected chi connectivity index (χ3v) is 7.02. The first kappa shape index (κ1) is 20.5. The number of fused-ring (bicyclic) bond motifs is 2. The minimum atomic E-state index is -4.78. The van der Waals surface area contributed by atoms with Crippen LogP contribution < -0.4 is 4.74 Å². The molecule has 29 heavy (non-hydrogen) atoms. The highest BCUT2D eigenvalue weighted by atomic mass is 19.4. The molecule has 2 aliphatic carbocycles. The molecular formula is C24H28F4O. The van der Waals surface area contributed by atoms with Crippen molar-refractivity contribution in [2.24, 2.45) is 17.8 Å². The topological polar surface area (TPSA) is 9.23 Å². The molecule has 0 radical (unpaired) electrons. The number of rotatable bonds is 4. The van der Waals surface area contributed by atoms with Crippen molar-refractivity contribution in [3.05, 3.63) is 41.7 Å². The SMILES string of the molecule is CCCC1CCC2CC(c3cc(F)c4cc(OC(F)(F)F)ccc4c3)CCC2C1. The van der Waals surface area contributed by atoms with Crippen molar-refractivity contribution in [2.45, 2.75) is 70.6 Å². The van der Waals surface area contributed by atoms with Crippen molar-refractivity contribution < 1.29 is 22.3 Å². The van der Waals surface area contributed by atoms with E-state index in [0.29, 0.717) is 11.3 Å². The van der Waals surface area contributed by atoms with Crippen molar-refractivity contribution in [2.75, 3.05) is 0 Å². The molecule has 2 aromatic rings. The number of ether oxygens (including phenoxy) is 1. The van der Waals surface area contributed by atoms with Crippen LogP contribution in [0, 0.1) is 23.6 Å². The quantitative estimate of drug-likeness (QED) is 0.466. The molecular weight excluding hydrogens is 380 g/mol. The third kappa shape index (κ3) is 4.70. The van der Waals surface area contributed by atoms with Crippen LogP contribution in [0.5, 0.6) is 5.75 Å². The molecule has 4 unspecified atom stereocenters. The van der Waals surface area contributed by atoms with Gasteiger partial charge in [-0.05, 0) is 84.9 Å². The summed E-state index contributed by atoms with van der Waals surface area (Å²) < 4.78 is 56.0. The summed E-state index contributed by atoms with van der Waals surface area (Å²) in [5.41, 5.74) is 0.980. The smallest absolute Gasteiger partial charge is 0.406 e. The minimum absolute atomic E-state index is 0.171. The Bertz CT molecular complexity index is 860. The first-order chi connectivity index (χ1) is 13.8. The maximum absolute atomic E-state index is 14.7. The van der Waals surface area contributed by atoms with Gasteiger partial charge in [0.25, 0.3) is 0 Å². The Morgan fingerprint density at radius 1 is 0.966 bits per heavy atom. The number of alkyl halides is 3. The van der Waals surface area contributed by atoms with E-state index in [1.54, 1.807) is 0 Å². The zero-order valence-electron chi connectivity index (χ0n) is 16.8. The van der Waals surface area contributed by atoms with Crippen LogP contribution >= 0.6 is 0 Å². The average Bonchev–Trinajstić information content (AvgIpc) is 2.67. The Labute approximate surface area is 169 Å². The number of hydrogen-bond acceptors (Lipinski definition) is 1. The summed E-state index contributed by atoms with van der Waals surface area (Å²) in [5, 5.41) is 0.799. The zero-order valence-corrected chi connectivity index (χ0v) is 16.8. The summed E-state index contributed by atoms with van der Waals surface area (Å²) in [6.45, 7) is 2.26. The van der Waals surface area contributed by atoms with Crippen LogP contribution in [0.15, 0.2) is 30.3 Å². The molecule has 0 heterocycles. The summed E-state index contributed by atoms with van der Waals surface area (Å²) >= 11 is 0. The average molecular weight is 408 g/mol. The van der Waals surface area contributed by atoms with Crippen molar-refractivity contribution in [1.82, 2.24) is 0 Å². The molecule has 5 heteroatoms. The lowest BCUT2D eigenvalue weighted by atomic mass is 9.63. The molecule has 2 saturated carbocycles. The lowest BCUT2D eigenvalue weighted by Gasteiger charge is -2.42. The molecule has 0 aliphatic heterocycles. The van der Waals surface area contributed by atoms with Gasteiger partial charge in [0.15, 0.2) is 0 Å². The van der Waals surface area contributed by atoms with Crippen molar-refractivity contribution >= 4 is 10.8 Å². The second kappa shape index (κ2) is 8.16. The highest BCUT2D eigenvalue weighted by Gasteiger charge is 2.36. The summed E-state index contributed by atoms with van der Waals surface area (Å²) in [7, 11) is 0. The van der Waals surface area contributed by atoms with Crippen LogP contribution in [0.4, 0.5) is 17.6 Å². The van der Waals surface area contributed by atoms with Gasteiger partial charge in [-0.3, -0.25) is 0 Å². The molecule has 2 aromatic carbocycles. The fourth-order valence-electron chi connectivity index (χ4n) is 5.71. The van der Waals surface area contributed by atoms with Gasteiger partial charge in [-0.15, -0.1) is 13.2 Å². The van der Waals surface area contributed by atoms with E-state index in [4.69, 9.17) is 0 Å². The predicted molar refractivity (Wildman–Crippen MR) is 106 cm³/mol. The normalized spacial score (nSPS) is 27.6. The maximum Gasteiger partial charge on any atom is 0.573 e. The third-order valence-electron chi connectivity index (χ3n) is 7.02. The molecule has 4 atom stereocenters. The molecule has 0 N–H and O–H groups in total. The molecule has 0 saturated heterocycles. The largest absolute Gasteiger partial charge is 0.573 e. The standard InChI is InChI=1S/C24H28F4O/c1-2-3-15-4-5-17-11-18(7-6-16(17)10-15)20-12-19-8-9-21(29-24(26,27)28)14-22(19)23(25)13-20/h8-9,12-18H,2-7,10-11H2,1H3. The second-order valence-electron chi connectivity index (χ2n) is 8.93. The maximum atomic E-state index is 14.7. The van der Waals surface area contributed by atoms with Gasteiger partial charge in [-0.1, -0.05) is 38.3 Å². The van der Waals surface area contributed by atoms with Gasteiger partial charge >= 0.3 is 6.36 Å². The van der Waals surface area contributed by atoms with Gasteiger partial charge in [0.1, 0.15) is 11.6 Å². The summed E-state index contributed by atoms with van der Waals surface area (Å²) in [6.07, 6.45) is 5.13. The van der Waals surface area contributed by atoms with E-state index in [0.717, 1.165) is 42.2 Å². The van der Waals surface area contributed by atoms with Crippen LogP contribution in [-0.4, -0.2) is 6.36 Å². The Kier molecular flexibility index (Phi) is 5.76. The Balaban J connectivity index is 1.51. The molecule has 158 valence electrons. The van der Waals surface area contributed by atoms with Gasteiger partial charge < -0.3 is 4.74 Å². The molecule has 0 aromatic heterocycles. The van der Waals surface area contributed by atoms with Gasteiger partial charge in [0.2, 0.25) is 0 Å². The lowest BCUT2D eigenvalue weighted by molar-refractivity contribution is -0.274. The molecule has 1 nitrogen and oxygen atoms in total. The lowest BCUT2D eigenvalue weighted by Crippen LogP contribution is -2.30. The van der Waals surface area contributed by atoms with Crippen LogP contribution in [0.2, 0.25) is 0 Å². The van der Waals surface area contributed by atoms with E-state index in [9.17, 15) is 17.6 Å². The van der Waals surface area contributed by atoms with E-state index < -0.39 is 12.2 Å². The number of hydrogen-bond donors (Lipinski definition) is 0. The highest BCUT2D eigenvalue weighted by Crippen LogP contribution is 2.48. The summed E-state index contributed by atoms with van der Waals surface area (Å²) in [6, 6.07) is 7.38. The number of halogens is 4. The minimum Gasteiger partial charge on any atom is -0.406 e. The van der Waals surface area contributed by atoms with Gasteiger partial charge in [0.05, 0.1) is 0 Å². The summed E-state index contributed by atoms with van der Waals surface area (Å²) in [5.74, 6) is 1.89. The zero-order chi connectivity index (χ0) is 20.6. The first-order valence-corrected chi connectivity index (χ1v) is 10.8. The van der Waals surface area contributed by atoms with Crippen molar-refractivity contribution in [3.63, 3.8) is 0 Å². The van der Waals surface area contributed by atoms with Crippen LogP contribution in [-0.2, 0) is 0 Å². The molecule has 4 rings (SSSR count). The molecule has 0 spiro atoms. The molecule has 0 bridgehead atoms. The highest BCUT2D eigenvalue weighted by molar-refractivity contribution is 5.85. The molecule has 2 fully saturated rings. The molecule has 0 amide bonds. The molecule has 2 aliphatic rings. The summed E-state index contributed by atoms with van der Waals surface area (Å²) in [4.78, 5) is 0. The number of benzene rings is 2. The van der Waals surface area contributed by atoms with E-state index in [-0.39, 0.29) is 11.1 Å². The Morgan fingerprint density at radius 3 is 2.48 bits per heavy atom. The van der Waals surface area contributed by atoms with Crippen LogP contribution in [0.3, 0.4) is 0 Å². The fraction of sp³-hybridized carbons (Fsp3) is 0.583. The Morgan fingerprint density at radius 2 is 1.72 bits per heavy atom. The second-order valence-corrected chi connectivity index (χ2v) is 8.93.